The van der Waals surface area contributed by atoms with Crippen molar-refractivity contribution in [2.24, 2.45) is 10.7 Å². The molecule has 0 bridgehead atoms. The topological polar surface area (TPSA) is 132 Å². The van der Waals surface area contributed by atoms with Crippen molar-refractivity contribution in [3.63, 3.8) is 0 Å². The molecule has 162 valence electrons. The van der Waals surface area contributed by atoms with E-state index < -0.39 is 12.7 Å². The summed E-state index contributed by atoms with van der Waals surface area (Å²) in [5, 5.41) is 4.44. The number of rotatable bonds is 7. The van der Waals surface area contributed by atoms with Crippen molar-refractivity contribution in [3.05, 3.63) is 60.2 Å². The molecule has 0 amide bonds. The highest BCUT2D eigenvalue weighted by atomic mass is 31.2. The number of hydrogen-bond acceptors (Lipinski definition) is 8. The van der Waals surface area contributed by atoms with E-state index in [9.17, 15) is 4.57 Å². The number of aromatic nitrogens is 3. The average Bonchev–Trinajstić information content (AvgIpc) is 2.71. The van der Waals surface area contributed by atoms with Gasteiger partial charge in [0.15, 0.2) is 11.6 Å². The SMILES string of the molecule is CC(C)(Nc1nc(C(C=NCP(C)(C)=O)=CN)cnc1N)c1ccc2ncccc2c1. The minimum absolute atomic E-state index is 0.238. The lowest BCUT2D eigenvalue weighted by Gasteiger charge is -2.28. The van der Waals surface area contributed by atoms with E-state index in [0.717, 1.165) is 16.5 Å². The van der Waals surface area contributed by atoms with Crippen LogP contribution in [-0.4, -0.2) is 40.8 Å². The Morgan fingerprint density at radius 2 is 2.03 bits per heavy atom. The Morgan fingerprint density at radius 1 is 1.26 bits per heavy atom. The van der Waals surface area contributed by atoms with Crippen molar-refractivity contribution in [1.82, 2.24) is 15.0 Å². The van der Waals surface area contributed by atoms with E-state index >= 15 is 0 Å². The van der Waals surface area contributed by atoms with E-state index in [2.05, 4.69) is 31.3 Å². The molecular weight excluding hydrogens is 409 g/mol. The van der Waals surface area contributed by atoms with Crippen molar-refractivity contribution in [3.8, 4) is 0 Å². The third-order valence-electron chi connectivity index (χ3n) is 4.68. The maximum absolute atomic E-state index is 11.9. The zero-order valence-electron chi connectivity index (χ0n) is 18.2. The fourth-order valence-corrected chi connectivity index (χ4v) is 3.47. The molecule has 2 heterocycles. The molecule has 2 aromatic heterocycles. The second kappa shape index (κ2) is 8.86. The van der Waals surface area contributed by atoms with Crippen molar-refractivity contribution in [2.75, 3.05) is 30.7 Å². The van der Waals surface area contributed by atoms with Crippen molar-refractivity contribution >= 4 is 41.5 Å². The first kappa shape index (κ1) is 22.4. The van der Waals surface area contributed by atoms with Crippen LogP contribution in [0.2, 0.25) is 0 Å². The predicted molar refractivity (Wildman–Crippen MR) is 130 cm³/mol. The lowest BCUT2D eigenvalue weighted by Crippen LogP contribution is -2.29. The second-order valence-corrected chi connectivity index (χ2v) is 11.7. The lowest BCUT2D eigenvalue weighted by molar-refractivity contribution is 0.582. The average molecular weight is 437 g/mol. The summed E-state index contributed by atoms with van der Waals surface area (Å²) in [6.07, 6.45) is 6.51. The van der Waals surface area contributed by atoms with Gasteiger partial charge in [-0.2, -0.15) is 0 Å². The van der Waals surface area contributed by atoms with Crippen LogP contribution in [0, 0.1) is 0 Å². The smallest absolute Gasteiger partial charge is 0.170 e. The summed E-state index contributed by atoms with van der Waals surface area (Å²) in [5.74, 6) is 0.720. The highest BCUT2D eigenvalue weighted by Gasteiger charge is 2.23. The summed E-state index contributed by atoms with van der Waals surface area (Å²) < 4.78 is 11.9. The molecule has 3 aromatic rings. The number of anilines is 2. The summed E-state index contributed by atoms with van der Waals surface area (Å²) in [7, 11) is -2.26. The Bertz CT molecular complexity index is 1200. The van der Waals surface area contributed by atoms with E-state index in [0.29, 0.717) is 17.1 Å². The van der Waals surface area contributed by atoms with Crippen molar-refractivity contribution < 1.29 is 4.57 Å². The van der Waals surface area contributed by atoms with Gasteiger partial charge in [-0.1, -0.05) is 12.1 Å². The van der Waals surface area contributed by atoms with Gasteiger partial charge in [-0.15, -0.1) is 0 Å². The van der Waals surface area contributed by atoms with Crippen LogP contribution in [-0.2, 0) is 10.1 Å². The minimum Gasteiger partial charge on any atom is -0.404 e. The highest BCUT2D eigenvalue weighted by molar-refractivity contribution is 7.62. The van der Waals surface area contributed by atoms with Gasteiger partial charge < -0.3 is 21.3 Å². The number of pyridine rings is 1. The largest absolute Gasteiger partial charge is 0.404 e. The molecule has 0 aliphatic rings. The summed E-state index contributed by atoms with van der Waals surface area (Å²) in [6, 6.07) is 10.1. The lowest BCUT2D eigenvalue weighted by atomic mass is 9.93. The van der Waals surface area contributed by atoms with Crippen LogP contribution >= 0.6 is 7.14 Å². The first-order valence-electron chi connectivity index (χ1n) is 9.81. The number of nitrogen functional groups attached to an aromatic ring is 1. The Kier molecular flexibility index (Phi) is 6.41. The first-order valence-corrected chi connectivity index (χ1v) is 12.6. The normalized spacial score (nSPS) is 13.1. The van der Waals surface area contributed by atoms with Gasteiger partial charge in [0.25, 0.3) is 0 Å². The molecule has 0 saturated carbocycles. The molecule has 31 heavy (non-hydrogen) atoms. The van der Waals surface area contributed by atoms with Crippen molar-refractivity contribution in [1.29, 1.82) is 0 Å². The highest BCUT2D eigenvalue weighted by Crippen LogP contribution is 2.35. The number of aliphatic imine (C=N–C) groups is 1. The molecule has 3 rings (SSSR count). The van der Waals surface area contributed by atoms with Crippen molar-refractivity contribution in [2.45, 2.75) is 19.4 Å². The van der Waals surface area contributed by atoms with Gasteiger partial charge in [-0.3, -0.25) is 9.98 Å². The number of hydrogen-bond donors (Lipinski definition) is 3. The summed E-state index contributed by atoms with van der Waals surface area (Å²) in [4.78, 5) is 17.5. The molecule has 5 N–H and O–H groups in total. The summed E-state index contributed by atoms with van der Waals surface area (Å²) in [5.41, 5.74) is 14.5. The van der Waals surface area contributed by atoms with Crippen LogP contribution in [0.5, 0.6) is 0 Å². The van der Waals surface area contributed by atoms with E-state index in [-0.39, 0.29) is 12.1 Å². The molecule has 0 unspecified atom stereocenters. The number of allylic oxidation sites excluding steroid dienone is 1. The Labute approximate surface area is 182 Å². The van der Waals surface area contributed by atoms with Gasteiger partial charge in [0.2, 0.25) is 0 Å². The molecule has 1 aromatic carbocycles. The first-order chi connectivity index (χ1) is 14.6. The molecule has 9 heteroatoms. The maximum atomic E-state index is 11.9. The quantitative estimate of drug-likeness (QED) is 0.377. The Balaban J connectivity index is 1.89. The van der Waals surface area contributed by atoms with Crippen LogP contribution in [0.4, 0.5) is 11.6 Å². The van der Waals surface area contributed by atoms with Crippen LogP contribution in [0.25, 0.3) is 16.5 Å². The van der Waals surface area contributed by atoms with Gasteiger partial charge in [0.1, 0.15) is 7.14 Å². The predicted octanol–water partition coefficient (Wildman–Crippen LogP) is 3.90. The molecule has 0 saturated heterocycles. The molecule has 8 nitrogen and oxygen atoms in total. The molecular formula is C22H28N7OP. The minimum atomic E-state index is -2.26. The monoisotopic (exact) mass is 437 g/mol. The number of nitrogens with one attached hydrogen (secondary N) is 1. The molecule has 0 fully saturated rings. The summed E-state index contributed by atoms with van der Waals surface area (Å²) in [6.45, 7) is 7.46. The van der Waals surface area contributed by atoms with Gasteiger partial charge in [0.05, 0.1) is 29.2 Å². The molecule has 0 aliphatic carbocycles. The van der Waals surface area contributed by atoms with Crippen LogP contribution < -0.4 is 16.8 Å². The molecule has 0 atom stereocenters. The van der Waals surface area contributed by atoms with Gasteiger partial charge in [-0.25, -0.2) is 9.97 Å². The van der Waals surface area contributed by atoms with Crippen LogP contribution in [0.1, 0.15) is 25.1 Å². The van der Waals surface area contributed by atoms with E-state index in [1.54, 1.807) is 25.7 Å². The number of nitrogens with zero attached hydrogens (tertiary/aromatic N) is 4. The van der Waals surface area contributed by atoms with E-state index in [1.165, 1.54) is 12.4 Å². The fraction of sp³-hybridized carbons (Fsp3) is 0.273. The Hall–Kier alpha value is -3.25. The van der Waals surface area contributed by atoms with Crippen LogP contribution in [0.15, 0.2) is 53.9 Å². The summed E-state index contributed by atoms with van der Waals surface area (Å²) >= 11 is 0. The third-order valence-corrected chi connectivity index (χ3v) is 5.53. The zero-order valence-corrected chi connectivity index (χ0v) is 19.1. The van der Waals surface area contributed by atoms with E-state index in [4.69, 9.17) is 11.5 Å². The maximum Gasteiger partial charge on any atom is 0.170 e. The molecule has 0 radical (unpaired) electrons. The second-order valence-electron chi connectivity index (χ2n) is 8.30. The van der Waals surface area contributed by atoms with Gasteiger partial charge in [-0.05, 0) is 50.9 Å². The molecule has 0 spiro atoms. The fourth-order valence-electron chi connectivity index (χ4n) is 2.99. The zero-order chi connectivity index (χ0) is 22.6. The Morgan fingerprint density at radius 3 is 2.74 bits per heavy atom. The number of benzene rings is 1. The van der Waals surface area contributed by atoms with Crippen LogP contribution in [0.3, 0.4) is 0 Å². The van der Waals surface area contributed by atoms with E-state index in [1.807, 2.05) is 38.1 Å². The number of nitrogens with two attached hydrogens (primary N) is 2. The van der Waals surface area contributed by atoms with Gasteiger partial charge >= 0.3 is 0 Å². The molecule has 0 aliphatic heterocycles. The standard InChI is InChI=1S/C22H28N7OP/c1-22(2,17-7-8-18-15(10-17)6-5-9-26-18)29-21-20(24)27-13-19(28-21)16(11-23)12-25-14-31(3,4)30/h5-13H,14,23H2,1-4H3,(H2,24,27)(H,28,29). The number of fused-ring (bicyclic) bond motifs is 1. The van der Waals surface area contributed by atoms with Gasteiger partial charge in [0, 0.05) is 29.6 Å². The third kappa shape index (κ3) is 5.67.